The maximum Gasteiger partial charge on any atom is 0.409 e. The van der Waals surface area contributed by atoms with Gasteiger partial charge in [-0.25, -0.2) is 13.2 Å². The maximum absolute atomic E-state index is 12.6. The smallest absolute Gasteiger partial charge is 0.409 e. The summed E-state index contributed by atoms with van der Waals surface area (Å²) in [7, 11) is -3.52. The van der Waals surface area contributed by atoms with Gasteiger partial charge in [-0.1, -0.05) is 17.7 Å². The van der Waals surface area contributed by atoms with Crippen molar-refractivity contribution < 1.29 is 22.7 Å². The Balaban J connectivity index is 1.52. The number of benzene rings is 1. The molecule has 8 heteroatoms. The quantitative estimate of drug-likeness (QED) is 0.807. The van der Waals surface area contributed by atoms with Crippen LogP contribution in [0.5, 0.6) is 0 Å². The molecule has 0 spiro atoms. The van der Waals surface area contributed by atoms with Gasteiger partial charge in [-0.15, -0.1) is 0 Å². The number of hydrogen-bond acceptors (Lipinski definition) is 5. The second kappa shape index (κ2) is 7.72. The lowest BCUT2D eigenvalue weighted by Crippen LogP contribution is -2.50. The van der Waals surface area contributed by atoms with Crippen molar-refractivity contribution in [2.24, 2.45) is 0 Å². The Morgan fingerprint density at radius 1 is 1.20 bits per heavy atom. The topological polar surface area (TPSA) is 76.2 Å². The van der Waals surface area contributed by atoms with Crippen molar-refractivity contribution in [1.82, 2.24) is 9.21 Å². The van der Waals surface area contributed by atoms with Gasteiger partial charge in [0.1, 0.15) is 6.61 Å². The fourth-order valence-electron chi connectivity index (χ4n) is 3.00. The van der Waals surface area contributed by atoms with E-state index >= 15 is 0 Å². The molecule has 1 amide bonds. The highest BCUT2D eigenvalue weighted by atomic mass is 32.2. The van der Waals surface area contributed by atoms with Gasteiger partial charge in [-0.3, -0.25) is 0 Å². The minimum Gasteiger partial charge on any atom is -0.447 e. The van der Waals surface area contributed by atoms with E-state index in [0.717, 1.165) is 25.0 Å². The van der Waals surface area contributed by atoms with Crippen LogP contribution < -0.4 is 0 Å². The molecule has 25 heavy (non-hydrogen) atoms. The van der Waals surface area contributed by atoms with Crippen molar-refractivity contribution in [2.45, 2.75) is 30.8 Å². The van der Waals surface area contributed by atoms with E-state index in [-0.39, 0.29) is 30.7 Å². The summed E-state index contributed by atoms with van der Waals surface area (Å²) in [6.07, 6.45) is 1.50. The molecule has 3 rings (SSSR count). The third kappa shape index (κ3) is 4.31. The molecule has 1 atom stereocenters. The van der Waals surface area contributed by atoms with E-state index in [1.54, 1.807) is 29.2 Å². The van der Waals surface area contributed by atoms with Crippen LogP contribution in [0.4, 0.5) is 4.79 Å². The van der Waals surface area contributed by atoms with Crippen LogP contribution in [0, 0.1) is 6.92 Å². The normalized spacial score (nSPS) is 22.1. The fraction of sp³-hybridized carbons (Fsp3) is 0.588. The van der Waals surface area contributed by atoms with Crippen LogP contribution in [0.2, 0.25) is 0 Å². The molecule has 138 valence electrons. The lowest BCUT2D eigenvalue weighted by atomic mass is 10.2. The molecule has 1 aromatic carbocycles. The molecule has 0 unspecified atom stereocenters. The standard InChI is InChI=1S/C17H24N2O5S/c1-14-4-6-16(7-5-14)25(21,22)19-10-8-18(9-11-19)17(20)24-13-15-3-2-12-23-15/h4-7,15H,2-3,8-13H2,1H3/t15-/m1/s1. The monoisotopic (exact) mass is 368 g/mol. The van der Waals surface area contributed by atoms with E-state index in [1.807, 2.05) is 6.92 Å². The maximum atomic E-state index is 12.6. The summed E-state index contributed by atoms with van der Waals surface area (Å²) in [5, 5.41) is 0. The number of hydrogen-bond donors (Lipinski definition) is 0. The third-order valence-corrected chi connectivity index (χ3v) is 6.49. The number of aryl methyl sites for hydroxylation is 1. The van der Waals surface area contributed by atoms with Gasteiger partial charge in [0.05, 0.1) is 11.0 Å². The zero-order valence-electron chi connectivity index (χ0n) is 14.4. The van der Waals surface area contributed by atoms with Crippen LogP contribution in [0.3, 0.4) is 0 Å². The van der Waals surface area contributed by atoms with Crippen molar-refractivity contribution in [2.75, 3.05) is 39.4 Å². The average Bonchev–Trinajstić information content (AvgIpc) is 3.14. The first-order valence-electron chi connectivity index (χ1n) is 8.57. The van der Waals surface area contributed by atoms with Gasteiger partial charge in [0, 0.05) is 32.8 Å². The Morgan fingerprint density at radius 3 is 2.48 bits per heavy atom. The largest absolute Gasteiger partial charge is 0.447 e. The Bertz CT molecular complexity index is 690. The summed E-state index contributed by atoms with van der Waals surface area (Å²) < 4.78 is 37.4. The third-order valence-electron chi connectivity index (χ3n) is 4.57. The Kier molecular flexibility index (Phi) is 5.61. The average molecular weight is 368 g/mol. The molecule has 0 radical (unpaired) electrons. The van der Waals surface area contributed by atoms with Crippen molar-refractivity contribution in [3.63, 3.8) is 0 Å². The Labute approximate surface area is 148 Å². The number of carbonyl (C=O) groups is 1. The van der Waals surface area contributed by atoms with Crippen molar-refractivity contribution in [1.29, 1.82) is 0 Å². The second-order valence-corrected chi connectivity index (χ2v) is 8.35. The molecular weight excluding hydrogens is 344 g/mol. The van der Waals surface area contributed by atoms with Gasteiger partial charge < -0.3 is 14.4 Å². The molecule has 0 N–H and O–H groups in total. The van der Waals surface area contributed by atoms with Crippen LogP contribution in [-0.2, 0) is 19.5 Å². The molecular formula is C17H24N2O5S. The summed E-state index contributed by atoms with van der Waals surface area (Å²) in [4.78, 5) is 13.9. The number of ether oxygens (including phenoxy) is 2. The van der Waals surface area contributed by atoms with E-state index in [1.165, 1.54) is 4.31 Å². The van der Waals surface area contributed by atoms with Crippen molar-refractivity contribution >= 4 is 16.1 Å². The minimum absolute atomic E-state index is 0.00726. The fourth-order valence-corrected chi connectivity index (χ4v) is 4.42. The van der Waals surface area contributed by atoms with Crippen molar-refractivity contribution in [3.05, 3.63) is 29.8 Å². The summed E-state index contributed by atoms with van der Waals surface area (Å²) in [6, 6.07) is 6.80. The molecule has 2 fully saturated rings. The van der Waals surface area contributed by atoms with Crippen molar-refractivity contribution in [3.8, 4) is 0 Å². The van der Waals surface area contributed by atoms with Gasteiger partial charge in [-0.05, 0) is 31.9 Å². The SMILES string of the molecule is Cc1ccc(S(=O)(=O)N2CCN(C(=O)OC[C@H]3CCCO3)CC2)cc1. The van der Waals surface area contributed by atoms with Crippen LogP contribution >= 0.6 is 0 Å². The van der Waals surface area contributed by atoms with E-state index in [0.29, 0.717) is 13.1 Å². The zero-order chi connectivity index (χ0) is 17.9. The molecule has 2 saturated heterocycles. The number of carbonyl (C=O) groups excluding carboxylic acids is 1. The lowest BCUT2D eigenvalue weighted by Gasteiger charge is -2.33. The molecule has 0 bridgehead atoms. The molecule has 2 heterocycles. The predicted molar refractivity (Wildman–Crippen MR) is 91.8 cm³/mol. The highest BCUT2D eigenvalue weighted by Gasteiger charge is 2.31. The Hall–Kier alpha value is -1.64. The van der Waals surface area contributed by atoms with Gasteiger partial charge in [0.25, 0.3) is 0 Å². The summed E-state index contributed by atoms with van der Waals surface area (Å²) >= 11 is 0. The molecule has 2 aliphatic rings. The van der Waals surface area contributed by atoms with E-state index in [4.69, 9.17) is 9.47 Å². The summed E-state index contributed by atoms with van der Waals surface area (Å²) in [5.41, 5.74) is 1.01. The van der Waals surface area contributed by atoms with Crippen LogP contribution in [0.1, 0.15) is 18.4 Å². The van der Waals surface area contributed by atoms with Gasteiger partial charge in [0.2, 0.25) is 10.0 Å². The summed E-state index contributed by atoms with van der Waals surface area (Å²) in [5.74, 6) is 0. The summed E-state index contributed by atoms with van der Waals surface area (Å²) in [6.45, 7) is 4.09. The van der Waals surface area contributed by atoms with Crippen LogP contribution in [-0.4, -0.2) is 69.2 Å². The predicted octanol–water partition coefficient (Wildman–Crippen LogP) is 1.62. The van der Waals surface area contributed by atoms with Gasteiger partial charge in [-0.2, -0.15) is 4.31 Å². The molecule has 7 nitrogen and oxygen atoms in total. The molecule has 0 aliphatic carbocycles. The van der Waals surface area contributed by atoms with E-state index in [2.05, 4.69) is 0 Å². The molecule has 1 aromatic rings. The minimum atomic E-state index is -3.52. The first-order chi connectivity index (χ1) is 12.0. The van der Waals surface area contributed by atoms with E-state index in [9.17, 15) is 13.2 Å². The lowest BCUT2D eigenvalue weighted by molar-refractivity contribution is 0.0264. The number of nitrogens with zero attached hydrogens (tertiary/aromatic N) is 2. The number of rotatable bonds is 4. The molecule has 2 aliphatic heterocycles. The first kappa shape index (κ1) is 18.2. The van der Waals surface area contributed by atoms with Gasteiger partial charge >= 0.3 is 6.09 Å². The van der Waals surface area contributed by atoms with Crippen LogP contribution in [0.15, 0.2) is 29.2 Å². The number of amides is 1. The second-order valence-electron chi connectivity index (χ2n) is 6.42. The first-order valence-corrected chi connectivity index (χ1v) is 10.0. The zero-order valence-corrected chi connectivity index (χ0v) is 15.2. The Morgan fingerprint density at radius 2 is 1.88 bits per heavy atom. The van der Waals surface area contributed by atoms with E-state index < -0.39 is 16.1 Å². The van der Waals surface area contributed by atoms with Gasteiger partial charge in [0.15, 0.2) is 0 Å². The molecule has 0 saturated carbocycles. The highest BCUT2D eigenvalue weighted by Crippen LogP contribution is 2.19. The molecule has 0 aromatic heterocycles. The van der Waals surface area contributed by atoms with Crippen LogP contribution in [0.25, 0.3) is 0 Å². The number of sulfonamides is 1. The number of piperazine rings is 1. The highest BCUT2D eigenvalue weighted by molar-refractivity contribution is 7.89.